The van der Waals surface area contributed by atoms with E-state index in [2.05, 4.69) is 39.2 Å². The van der Waals surface area contributed by atoms with E-state index >= 15 is 0 Å². The van der Waals surface area contributed by atoms with Crippen LogP contribution in [0.3, 0.4) is 0 Å². The maximum absolute atomic E-state index is 13.1. The molecule has 12 heteroatoms. The van der Waals surface area contributed by atoms with E-state index in [1.165, 1.54) is 12.2 Å². The second kappa shape index (κ2) is 12.0. The quantitative estimate of drug-likeness (QED) is 0.102. The fourth-order valence-corrected chi connectivity index (χ4v) is 9.18. The van der Waals surface area contributed by atoms with Gasteiger partial charge in [-0.2, -0.15) is 0 Å². The fourth-order valence-electron chi connectivity index (χ4n) is 7.46. The number of fused-ring (bicyclic) bond motifs is 8. The Kier molecular flexibility index (Phi) is 8.11. The van der Waals surface area contributed by atoms with E-state index in [1.54, 1.807) is 24.3 Å². The lowest BCUT2D eigenvalue weighted by Crippen LogP contribution is -2.14. The molecule has 2 aromatic carbocycles. The molecule has 0 amide bonds. The van der Waals surface area contributed by atoms with E-state index in [1.807, 2.05) is 53.7 Å². The Morgan fingerprint density at radius 3 is 1.26 bits per heavy atom. The van der Waals surface area contributed by atoms with Gasteiger partial charge in [-0.05, 0) is 123 Å². The van der Waals surface area contributed by atoms with Crippen LogP contribution in [0.1, 0.15) is 56.2 Å². The molecular formula is C38H36N4O6P2. The van der Waals surface area contributed by atoms with Gasteiger partial charge in [0, 0.05) is 27.7 Å². The Bertz CT molecular complexity index is 2570. The van der Waals surface area contributed by atoms with Gasteiger partial charge in [0.05, 0.1) is 28.3 Å². The molecule has 5 aromatic rings. The molecule has 50 heavy (non-hydrogen) atoms. The molecule has 0 fully saturated rings. The Morgan fingerprint density at radius 2 is 0.800 bits per heavy atom. The standard InChI is InChI=1S/C38H36N4O6P2/c1-19-15-21(3)33(22(4)16-19)35-25-7-8-26(39-25)36(34-23(5)17-20(2)18-24(34)6)28-10-12-30(41-28)38(50(46,47)48)32-14-13-31(42-32)37(49(43,44)45)29-11-9-27(35)40-29/h7-18,39-40H,1-6H3,(H2,43,44,45)(H2,46,47,48). The van der Waals surface area contributed by atoms with E-state index < -0.39 is 25.8 Å². The molecule has 8 bridgehead atoms. The maximum Gasteiger partial charge on any atom is 0.360 e. The minimum absolute atomic E-state index is 0.00909. The van der Waals surface area contributed by atoms with Gasteiger partial charge in [-0.15, -0.1) is 0 Å². The summed E-state index contributed by atoms with van der Waals surface area (Å²) in [6.45, 7) is 12.2. The topological polar surface area (TPSA) is 172 Å². The highest BCUT2D eigenvalue weighted by Gasteiger charge is 2.31. The van der Waals surface area contributed by atoms with Crippen molar-refractivity contribution in [3.8, 4) is 22.3 Å². The predicted molar refractivity (Wildman–Crippen MR) is 202 cm³/mol. The molecule has 2 aliphatic heterocycles. The summed E-state index contributed by atoms with van der Waals surface area (Å²) in [7, 11) is -9.99. The highest BCUT2D eigenvalue weighted by molar-refractivity contribution is 7.61. The molecular weight excluding hydrogens is 670 g/mol. The zero-order chi connectivity index (χ0) is 35.9. The second-order valence-electron chi connectivity index (χ2n) is 13.1. The van der Waals surface area contributed by atoms with Crippen molar-refractivity contribution >= 4 is 72.2 Å². The van der Waals surface area contributed by atoms with E-state index in [9.17, 15) is 28.7 Å². The fraction of sp³-hybridized carbons (Fsp3) is 0.158. The Labute approximate surface area is 288 Å². The number of aryl methyl sites for hydroxylation is 6. The summed E-state index contributed by atoms with van der Waals surface area (Å²) >= 11 is 0. The zero-order valence-electron chi connectivity index (χ0n) is 28.3. The molecule has 10 nitrogen and oxygen atoms in total. The summed E-state index contributed by atoms with van der Waals surface area (Å²) in [6.07, 6.45) is 5.97. The number of hydrogen-bond acceptors (Lipinski definition) is 4. The van der Waals surface area contributed by atoms with Crippen LogP contribution in [0.15, 0.2) is 48.5 Å². The van der Waals surface area contributed by atoms with Gasteiger partial charge in [-0.3, -0.25) is 9.13 Å². The van der Waals surface area contributed by atoms with Crippen molar-refractivity contribution in [1.29, 1.82) is 0 Å². The van der Waals surface area contributed by atoms with Crippen LogP contribution in [0.25, 0.3) is 68.6 Å². The number of aromatic amines is 2. The Hall–Kier alpha value is -4.66. The highest BCUT2D eigenvalue weighted by atomic mass is 31.2. The van der Waals surface area contributed by atoms with E-state index in [4.69, 9.17) is 4.98 Å². The number of nitrogens with zero attached hydrogens (tertiary/aromatic N) is 2. The Balaban J connectivity index is 1.77. The van der Waals surface area contributed by atoms with Crippen LogP contribution < -0.4 is 10.6 Å². The number of benzene rings is 2. The van der Waals surface area contributed by atoms with Gasteiger partial charge >= 0.3 is 15.2 Å². The summed E-state index contributed by atoms with van der Waals surface area (Å²) in [4.78, 5) is 58.6. The third kappa shape index (κ3) is 5.84. The molecule has 0 spiro atoms. The largest absolute Gasteiger partial charge is 0.360 e. The summed E-state index contributed by atoms with van der Waals surface area (Å²) in [6, 6.07) is 15.7. The second-order valence-corrected chi connectivity index (χ2v) is 16.2. The summed E-state index contributed by atoms with van der Waals surface area (Å²) in [5.74, 6) is 0. The minimum atomic E-state index is -5.01. The van der Waals surface area contributed by atoms with Crippen LogP contribution in [0, 0.1) is 41.5 Å². The average Bonchev–Trinajstić information content (AvgIpc) is 3.80. The summed E-state index contributed by atoms with van der Waals surface area (Å²) in [5, 5.41) is -0.836. The average molecular weight is 707 g/mol. The lowest BCUT2D eigenvalue weighted by atomic mass is 9.92. The van der Waals surface area contributed by atoms with Gasteiger partial charge in [-0.1, -0.05) is 35.4 Å². The third-order valence-corrected chi connectivity index (χ3v) is 11.2. The SMILES string of the molecule is Cc1cc(C)c(-c2c3nc(c(P(=O)(O)O)c4nc(c(P(=O)(O)O)c5ccc([nH]5)c(-c5c(C)cc(C)cc5C)c5ccc2[nH]5)C=C4)C=C3)c(C)c1. The molecule has 6 N–H and O–H groups in total. The van der Waals surface area contributed by atoms with Crippen LogP contribution in [0.4, 0.5) is 0 Å². The van der Waals surface area contributed by atoms with Crippen LogP contribution in [0.5, 0.6) is 0 Å². The molecule has 5 heterocycles. The predicted octanol–water partition coefficient (Wildman–Crippen LogP) is 7.45. The molecule has 0 radical (unpaired) electrons. The molecule has 3 aromatic heterocycles. The molecule has 7 rings (SSSR count). The smallest absolute Gasteiger partial charge is 0.354 e. The van der Waals surface area contributed by atoms with Gasteiger partial charge in [0.15, 0.2) is 0 Å². The van der Waals surface area contributed by atoms with Crippen LogP contribution in [-0.2, 0) is 9.13 Å². The molecule has 0 atom stereocenters. The number of hydrogen-bond donors (Lipinski definition) is 6. The van der Waals surface area contributed by atoms with Crippen molar-refractivity contribution in [3.63, 3.8) is 0 Å². The zero-order valence-corrected chi connectivity index (χ0v) is 30.1. The molecule has 0 unspecified atom stereocenters. The first-order valence-corrected chi connectivity index (χ1v) is 19.2. The molecule has 0 saturated heterocycles. The molecule has 0 saturated carbocycles. The van der Waals surface area contributed by atoms with Gasteiger partial charge in [0.2, 0.25) is 0 Å². The summed E-state index contributed by atoms with van der Waals surface area (Å²) in [5.41, 5.74) is 12.2. The van der Waals surface area contributed by atoms with E-state index in [-0.39, 0.29) is 22.6 Å². The van der Waals surface area contributed by atoms with E-state index in [0.29, 0.717) is 11.2 Å². The molecule has 254 valence electrons. The van der Waals surface area contributed by atoms with Gasteiger partial charge < -0.3 is 29.5 Å². The number of H-pyrrole nitrogens is 2. The van der Waals surface area contributed by atoms with Gasteiger partial charge in [0.25, 0.3) is 0 Å². The van der Waals surface area contributed by atoms with Crippen LogP contribution in [-0.4, -0.2) is 39.5 Å². The number of rotatable bonds is 4. The first-order valence-electron chi connectivity index (χ1n) is 16.0. The third-order valence-electron chi connectivity index (χ3n) is 9.14. The van der Waals surface area contributed by atoms with Crippen molar-refractivity contribution in [3.05, 3.63) is 105 Å². The maximum atomic E-state index is 13.1. The first-order chi connectivity index (χ1) is 23.5. The first kappa shape index (κ1) is 33.8. The van der Waals surface area contributed by atoms with Gasteiger partial charge in [-0.25, -0.2) is 9.97 Å². The van der Waals surface area contributed by atoms with Crippen molar-refractivity contribution in [1.82, 2.24) is 19.9 Å². The van der Waals surface area contributed by atoms with Crippen molar-refractivity contribution in [2.24, 2.45) is 0 Å². The van der Waals surface area contributed by atoms with Crippen LogP contribution >= 0.6 is 15.2 Å². The van der Waals surface area contributed by atoms with Crippen LogP contribution in [0.2, 0.25) is 0 Å². The number of aromatic nitrogens is 4. The van der Waals surface area contributed by atoms with Gasteiger partial charge in [0.1, 0.15) is 10.6 Å². The van der Waals surface area contributed by atoms with Crippen molar-refractivity contribution in [2.45, 2.75) is 41.5 Å². The Morgan fingerprint density at radius 1 is 0.460 bits per heavy atom. The minimum Gasteiger partial charge on any atom is -0.354 e. The lowest BCUT2D eigenvalue weighted by molar-refractivity contribution is 0.385. The summed E-state index contributed by atoms with van der Waals surface area (Å²) < 4.78 is 26.1. The monoisotopic (exact) mass is 706 g/mol. The number of nitrogens with one attached hydrogen (secondary N) is 2. The van der Waals surface area contributed by atoms with Crippen molar-refractivity contribution in [2.75, 3.05) is 0 Å². The molecule has 2 aliphatic rings. The normalized spacial score (nSPS) is 13.0. The highest BCUT2D eigenvalue weighted by Crippen LogP contribution is 2.42. The van der Waals surface area contributed by atoms with Crippen molar-refractivity contribution < 1.29 is 28.7 Å². The molecule has 0 aliphatic carbocycles. The van der Waals surface area contributed by atoms with E-state index in [0.717, 1.165) is 66.7 Å². The lowest BCUT2D eigenvalue weighted by Gasteiger charge is -2.14.